The monoisotopic (exact) mass is 441 g/mol. The molecule has 164 valence electrons. The molecule has 2 aromatic carbocycles. The van der Waals surface area contributed by atoms with E-state index in [0.29, 0.717) is 31.2 Å². The fraction of sp³-hybridized carbons (Fsp3) is 0.417. The quantitative estimate of drug-likeness (QED) is 0.768. The lowest BCUT2D eigenvalue weighted by Crippen LogP contribution is -2.53. The third-order valence-corrected chi connectivity index (χ3v) is 6.25. The Bertz CT molecular complexity index is 980. The molecule has 1 fully saturated rings. The molecule has 0 aromatic heterocycles. The van der Waals surface area contributed by atoms with Crippen LogP contribution in [0.25, 0.3) is 0 Å². The highest BCUT2D eigenvalue weighted by molar-refractivity contribution is 6.31. The van der Waals surface area contributed by atoms with Gasteiger partial charge in [-0.2, -0.15) is 0 Å². The lowest BCUT2D eigenvalue weighted by molar-refractivity contribution is -0.126. The minimum absolute atomic E-state index is 0.0380. The molecule has 2 aliphatic heterocycles. The zero-order chi connectivity index (χ0) is 22.0. The zero-order valence-corrected chi connectivity index (χ0v) is 18.7. The number of hydrogen-bond donors (Lipinski definition) is 1. The van der Waals surface area contributed by atoms with Crippen LogP contribution in [0.3, 0.4) is 0 Å². The Hall–Kier alpha value is -2.73. The Kier molecular flexibility index (Phi) is 6.37. The summed E-state index contributed by atoms with van der Waals surface area (Å²) in [6.45, 7) is 5.91. The first-order chi connectivity index (χ1) is 14.9. The number of likely N-dealkylation sites (tertiary alicyclic amines) is 1. The predicted molar refractivity (Wildman–Crippen MR) is 122 cm³/mol. The van der Waals surface area contributed by atoms with Gasteiger partial charge in [-0.05, 0) is 56.0 Å². The van der Waals surface area contributed by atoms with Gasteiger partial charge >= 0.3 is 6.03 Å². The number of piperidine rings is 1. The Morgan fingerprint density at radius 2 is 2.00 bits per heavy atom. The van der Waals surface area contributed by atoms with E-state index in [1.807, 2.05) is 56.3 Å². The molecule has 2 aliphatic rings. The maximum absolute atomic E-state index is 13.4. The summed E-state index contributed by atoms with van der Waals surface area (Å²) >= 11 is 6.19. The van der Waals surface area contributed by atoms with Crippen LogP contribution >= 0.6 is 11.6 Å². The van der Waals surface area contributed by atoms with E-state index in [1.54, 1.807) is 9.80 Å². The van der Waals surface area contributed by atoms with Crippen LogP contribution in [0.5, 0.6) is 5.75 Å². The number of urea groups is 1. The van der Waals surface area contributed by atoms with Gasteiger partial charge in [-0.1, -0.05) is 35.9 Å². The summed E-state index contributed by atoms with van der Waals surface area (Å²) in [5.41, 5.74) is 2.76. The van der Waals surface area contributed by atoms with Gasteiger partial charge in [0, 0.05) is 24.7 Å². The summed E-state index contributed by atoms with van der Waals surface area (Å²) in [4.78, 5) is 29.8. The van der Waals surface area contributed by atoms with Gasteiger partial charge < -0.3 is 15.0 Å². The molecule has 2 atom stereocenters. The van der Waals surface area contributed by atoms with Gasteiger partial charge in [0.2, 0.25) is 5.91 Å². The SMILES string of the molecule is Cc1ccc2c(c1)N(C(=O)N1CCC[C@@H](C(=O)NCc3ccccc3Cl)C1)C[C@@H](C)O2. The molecule has 0 spiro atoms. The van der Waals surface area contributed by atoms with Gasteiger partial charge in [-0.3, -0.25) is 9.69 Å². The van der Waals surface area contributed by atoms with Crippen LogP contribution in [0.4, 0.5) is 10.5 Å². The molecule has 0 bridgehead atoms. The van der Waals surface area contributed by atoms with E-state index >= 15 is 0 Å². The Morgan fingerprint density at radius 1 is 1.19 bits per heavy atom. The number of hydrogen-bond acceptors (Lipinski definition) is 3. The average Bonchev–Trinajstić information content (AvgIpc) is 2.77. The molecule has 3 amide bonds. The smallest absolute Gasteiger partial charge is 0.324 e. The van der Waals surface area contributed by atoms with Crippen molar-refractivity contribution in [1.82, 2.24) is 10.2 Å². The van der Waals surface area contributed by atoms with Gasteiger partial charge in [0.1, 0.15) is 11.9 Å². The lowest BCUT2D eigenvalue weighted by atomic mass is 9.97. The van der Waals surface area contributed by atoms with Crippen molar-refractivity contribution in [2.75, 3.05) is 24.5 Å². The maximum Gasteiger partial charge on any atom is 0.324 e. The molecular weight excluding hydrogens is 414 g/mol. The van der Waals surface area contributed by atoms with E-state index in [2.05, 4.69) is 5.32 Å². The summed E-state index contributed by atoms with van der Waals surface area (Å²) in [6, 6.07) is 13.3. The van der Waals surface area contributed by atoms with Crippen molar-refractivity contribution in [2.24, 2.45) is 5.92 Å². The van der Waals surface area contributed by atoms with Crippen molar-refractivity contribution in [3.05, 3.63) is 58.6 Å². The highest BCUT2D eigenvalue weighted by atomic mass is 35.5. The van der Waals surface area contributed by atoms with Crippen molar-refractivity contribution in [3.63, 3.8) is 0 Å². The molecule has 7 heteroatoms. The highest BCUT2D eigenvalue weighted by Crippen LogP contribution is 2.35. The van der Waals surface area contributed by atoms with Crippen LogP contribution in [0.2, 0.25) is 5.02 Å². The standard InChI is InChI=1S/C24H28ClN3O3/c1-16-9-10-22-21(12-16)28(14-17(2)31-22)24(30)27-11-5-7-19(15-27)23(29)26-13-18-6-3-4-8-20(18)25/h3-4,6,8-10,12,17,19H,5,7,11,13-15H2,1-2H3,(H,26,29)/t17-,19-/m1/s1. The highest BCUT2D eigenvalue weighted by Gasteiger charge is 2.34. The second-order valence-corrected chi connectivity index (χ2v) is 8.79. The Labute approximate surface area is 188 Å². The van der Waals surface area contributed by atoms with Crippen LogP contribution < -0.4 is 15.0 Å². The number of rotatable bonds is 3. The largest absolute Gasteiger partial charge is 0.487 e. The normalized spacial score (nSPS) is 20.6. The Morgan fingerprint density at radius 3 is 2.81 bits per heavy atom. The van der Waals surface area contributed by atoms with Crippen molar-refractivity contribution >= 4 is 29.2 Å². The number of carbonyl (C=O) groups is 2. The van der Waals surface area contributed by atoms with Gasteiger partial charge in [-0.15, -0.1) is 0 Å². The second kappa shape index (κ2) is 9.18. The van der Waals surface area contributed by atoms with Gasteiger partial charge in [0.05, 0.1) is 18.2 Å². The maximum atomic E-state index is 13.4. The van der Waals surface area contributed by atoms with Crippen LogP contribution in [-0.2, 0) is 11.3 Å². The van der Waals surface area contributed by atoms with Gasteiger partial charge in [0.25, 0.3) is 0 Å². The van der Waals surface area contributed by atoms with Crippen molar-refractivity contribution in [2.45, 2.75) is 39.3 Å². The molecule has 0 radical (unpaired) electrons. The number of nitrogens with one attached hydrogen (secondary N) is 1. The number of carbonyl (C=O) groups excluding carboxylic acids is 2. The predicted octanol–water partition coefficient (Wildman–Crippen LogP) is 4.38. The number of anilines is 1. The first kappa shape index (κ1) is 21.5. The molecule has 0 saturated carbocycles. The number of nitrogens with zero attached hydrogens (tertiary/aromatic N) is 2. The van der Waals surface area contributed by atoms with Gasteiger partial charge in [-0.25, -0.2) is 4.79 Å². The summed E-state index contributed by atoms with van der Waals surface area (Å²) in [7, 11) is 0. The number of benzene rings is 2. The molecular formula is C24H28ClN3O3. The number of amides is 3. The average molecular weight is 442 g/mol. The molecule has 0 unspecified atom stereocenters. The van der Waals surface area contributed by atoms with Crippen molar-refractivity contribution < 1.29 is 14.3 Å². The first-order valence-electron chi connectivity index (χ1n) is 10.8. The van der Waals surface area contributed by atoms with E-state index in [-0.39, 0.29) is 24.0 Å². The molecule has 6 nitrogen and oxygen atoms in total. The van der Waals surface area contributed by atoms with Crippen LogP contribution in [0.1, 0.15) is 30.9 Å². The molecule has 0 aliphatic carbocycles. The molecule has 4 rings (SSSR count). The summed E-state index contributed by atoms with van der Waals surface area (Å²) < 4.78 is 5.91. The van der Waals surface area contributed by atoms with Crippen LogP contribution in [0, 0.1) is 12.8 Å². The number of ether oxygens (including phenoxy) is 1. The van der Waals surface area contributed by atoms with E-state index in [4.69, 9.17) is 16.3 Å². The minimum atomic E-state index is -0.226. The number of halogens is 1. The number of aryl methyl sites for hydroxylation is 1. The number of fused-ring (bicyclic) bond motifs is 1. The fourth-order valence-electron chi connectivity index (χ4n) is 4.23. The van der Waals surface area contributed by atoms with E-state index in [0.717, 1.165) is 35.4 Å². The third kappa shape index (κ3) is 4.79. The molecule has 2 aromatic rings. The summed E-state index contributed by atoms with van der Waals surface area (Å²) in [5, 5.41) is 3.62. The molecule has 1 N–H and O–H groups in total. The fourth-order valence-corrected chi connectivity index (χ4v) is 4.44. The minimum Gasteiger partial charge on any atom is -0.487 e. The Balaban J connectivity index is 1.43. The second-order valence-electron chi connectivity index (χ2n) is 8.39. The van der Waals surface area contributed by atoms with E-state index in [1.165, 1.54) is 0 Å². The molecule has 31 heavy (non-hydrogen) atoms. The summed E-state index contributed by atoms with van der Waals surface area (Å²) in [6.07, 6.45) is 1.49. The topological polar surface area (TPSA) is 61.9 Å². The van der Waals surface area contributed by atoms with E-state index in [9.17, 15) is 9.59 Å². The van der Waals surface area contributed by atoms with Gasteiger partial charge in [0.15, 0.2) is 0 Å². The first-order valence-corrected chi connectivity index (χ1v) is 11.1. The third-order valence-electron chi connectivity index (χ3n) is 5.88. The zero-order valence-electron chi connectivity index (χ0n) is 17.9. The van der Waals surface area contributed by atoms with Crippen molar-refractivity contribution in [1.29, 1.82) is 0 Å². The molecule has 2 heterocycles. The van der Waals surface area contributed by atoms with Crippen LogP contribution in [0.15, 0.2) is 42.5 Å². The lowest BCUT2D eigenvalue weighted by Gasteiger charge is -2.39. The summed E-state index contributed by atoms with van der Waals surface area (Å²) in [5.74, 6) is 0.461. The van der Waals surface area contributed by atoms with E-state index < -0.39 is 0 Å². The molecule has 1 saturated heterocycles. The van der Waals surface area contributed by atoms with Crippen molar-refractivity contribution in [3.8, 4) is 5.75 Å². The van der Waals surface area contributed by atoms with Crippen LogP contribution in [-0.4, -0.2) is 42.6 Å².